The molecule has 6 nitrogen and oxygen atoms in total. The normalized spacial score (nSPS) is 12.0. The van der Waals surface area contributed by atoms with Crippen LogP contribution in [-0.4, -0.2) is 26.3 Å². The fourth-order valence-electron chi connectivity index (χ4n) is 1.71. The largest absolute Gasteiger partial charge is 0.426 e. The number of hydrogen-bond donors (Lipinski definition) is 1. The van der Waals surface area contributed by atoms with Gasteiger partial charge in [-0.15, -0.1) is 11.3 Å². The SMILES string of the molecule is CC(=O)Oc1ccccc1C(=O)Nc1nc(S(=O)C(C)C)cs1. The fourth-order valence-corrected chi connectivity index (χ4v) is 3.53. The summed E-state index contributed by atoms with van der Waals surface area (Å²) in [4.78, 5) is 27.6. The Kier molecular flexibility index (Phi) is 5.62. The smallest absolute Gasteiger partial charge is 0.308 e. The van der Waals surface area contributed by atoms with Crippen molar-refractivity contribution in [3.8, 4) is 5.75 Å². The van der Waals surface area contributed by atoms with Crippen LogP contribution in [0.3, 0.4) is 0 Å². The van der Waals surface area contributed by atoms with E-state index in [0.29, 0.717) is 10.2 Å². The molecule has 23 heavy (non-hydrogen) atoms. The molecule has 0 aliphatic rings. The molecule has 0 saturated heterocycles. The van der Waals surface area contributed by atoms with Gasteiger partial charge in [0.2, 0.25) is 0 Å². The number of para-hydroxylation sites is 1. The van der Waals surface area contributed by atoms with Crippen molar-refractivity contribution in [3.63, 3.8) is 0 Å². The minimum Gasteiger partial charge on any atom is -0.426 e. The molecule has 8 heteroatoms. The monoisotopic (exact) mass is 352 g/mol. The molecule has 1 atom stereocenters. The number of aromatic nitrogens is 1. The first-order chi connectivity index (χ1) is 10.9. The van der Waals surface area contributed by atoms with Crippen molar-refractivity contribution in [3.05, 3.63) is 35.2 Å². The van der Waals surface area contributed by atoms with E-state index in [1.165, 1.54) is 24.3 Å². The zero-order valence-electron chi connectivity index (χ0n) is 12.9. The zero-order chi connectivity index (χ0) is 17.0. The molecular weight excluding hydrogens is 336 g/mol. The van der Waals surface area contributed by atoms with Crippen molar-refractivity contribution in [1.29, 1.82) is 0 Å². The molecule has 0 aliphatic carbocycles. The van der Waals surface area contributed by atoms with Crippen LogP contribution in [0, 0.1) is 0 Å². The maximum absolute atomic E-state index is 12.3. The van der Waals surface area contributed by atoms with Crippen LogP contribution in [0.4, 0.5) is 5.13 Å². The highest BCUT2D eigenvalue weighted by atomic mass is 32.2. The summed E-state index contributed by atoms with van der Waals surface area (Å²) in [6, 6.07) is 6.43. The first-order valence-electron chi connectivity index (χ1n) is 6.83. The van der Waals surface area contributed by atoms with Crippen LogP contribution in [0.25, 0.3) is 0 Å². The average Bonchev–Trinajstić information content (AvgIpc) is 2.94. The molecule has 1 heterocycles. The van der Waals surface area contributed by atoms with Gasteiger partial charge < -0.3 is 4.74 Å². The Bertz CT molecular complexity index is 755. The van der Waals surface area contributed by atoms with E-state index in [0.717, 1.165) is 0 Å². The van der Waals surface area contributed by atoms with Gasteiger partial charge in [-0.05, 0) is 12.1 Å². The second kappa shape index (κ2) is 7.47. The van der Waals surface area contributed by atoms with Crippen LogP contribution in [0.5, 0.6) is 5.75 Å². The predicted molar refractivity (Wildman–Crippen MR) is 89.4 cm³/mol. The summed E-state index contributed by atoms with van der Waals surface area (Å²) in [6.07, 6.45) is 0. The highest BCUT2D eigenvalue weighted by Crippen LogP contribution is 2.23. The highest BCUT2D eigenvalue weighted by Gasteiger charge is 2.17. The van der Waals surface area contributed by atoms with Gasteiger partial charge in [-0.1, -0.05) is 26.0 Å². The summed E-state index contributed by atoms with van der Waals surface area (Å²) in [7, 11) is -1.21. The van der Waals surface area contributed by atoms with Gasteiger partial charge in [0.1, 0.15) is 10.8 Å². The number of hydrogen-bond acceptors (Lipinski definition) is 6. The van der Waals surface area contributed by atoms with E-state index in [1.54, 1.807) is 23.6 Å². The number of rotatable bonds is 5. The molecule has 1 aromatic heterocycles. The third-order valence-electron chi connectivity index (χ3n) is 2.72. The Balaban J connectivity index is 2.17. The van der Waals surface area contributed by atoms with E-state index in [-0.39, 0.29) is 16.6 Å². The van der Waals surface area contributed by atoms with Crippen molar-refractivity contribution < 1.29 is 18.5 Å². The number of benzene rings is 1. The van der Waals surface area contributed by atoms with E-state index in [2.05, 4.69) is 10.3 Å². The number of carbonyl (C=O) groups is 2. The zero-order valence-corrected chi connectivity index (χ0v) is 14.5. The number of thiazole rings is 1. The lowest BCUT2D eigenvalue weighted by atomic mass is 10.2. The van der Waals surface area contributed by atoms with Gasteiger partial charge in [0.15, 0.2) is 5.13 Å². The molecule has 0 bridgehead atoms. The van der Waals surface area contributed by atoms with E-state index in [9.17, 15) is 13.8 Å². The second-order valence-electron chi connectivity index (χ2n) is 4.88. The van der Waals surface area contributed by atoms with E-state index in [1.807, 2.05) is 13.8 Å². The molecule has 2 rings (SSSR count). The number of anilines is 1. The summed E-state index contributed by atoms with van der Waals surface area (Å²) in [5.41, 5.74) is 0.226. The van der Waals surface area contributed by atoms with Crippen molar-refractivity contribution in [2.45, 2.75) is 31.0 Å². The lowest BCUT2D eigenvalue weighted by Gasteiger charge is -2.07. The Morgan fingerprint density at radius 3 is 2.65 bits per heavy atom. The molecule has 0 radical (unpaired) electrons. The molecule has 1 amide bonds. The molecule has 1 unspecified atom stereocenters. The number of ether oxygens (including phenoxy) is 1. The number of amides is 1. The summed E-state index contributed by atoms with van der Waals surface area (Å²) in [5, 5.41) is 5.02. The average molecular weight is 352 g/mol. The van der Waals surface area contributed by atoms with Crippen LogP contribution in [0.2, 0.25) is 0 Å². The van der Waals surface area contributed by atoms with Crippen LogP contribution in [0.1, 0.15) is 31.1 Å². The Labute approximate surface area is 140 Å². The van der Waals surface area contributed by atoms with Crippen molar-refractivity contribution >= 4 is 39.1 Å². The van der Waals surface area contributed by atoms with Crippen LogP contribution in [-0.2, 0) is 15.6 Å². The second-order valence-corrected chi connectivity index (χ2v) is 7.69. The van der Waals surface area contributed by atoms with Gasteiger partial charge in [-0.3, -0.25) is 19.1 Å². The van der Waals surface area contributed by atoms with Gasteiger partial charge in [-0.25, -0.2) is 4.98 Å². The first-order valence-corrected chi connectivity index (χ1v) is 8.92. The maximum atomic E-state index is 12.3. The molecule has 2 aromatic rings. The molecule has 0 saturated carbocycles. The summed E-state index contributed by atoms with van der Waals surface area (Å²) in [6.45, 7) is 4.94. The summed E-state index contributed by atoms with van der Waals surface area (Å²) in [5.74, 6) is -0.771. The third kappa shape index (κ3) is 4.46. The Morgan fingerprint density at radius 2 is 2.00 bits per heavy atom. The van der Waals surface area contributed by atoms with Crippen molar-refractivity contribution in [1.82, 2.24) is 4.98 Å². The third-order valence-corrected chi connectivity index (χ3v) is 5.11. The van der Waals surface area contributed by atoms with Gasteiger partial charge >= 0.3 is 5.97 Å². The van der Waals surface area contributed by atoms with E-state index >= 15 is 0 Å². The van der Waals surface area contributed by atoms with Crippen LogP contribution < -0.4 is 10.1 Å². The lowest BCUT2D eigenvalue weighted by molar-refractivity contribution is -0.131. The van der Waals surface area contributed by atoms with Gasteiger partial charge in [0, 0.05) is 17.6 Å². The molecule has 0 aliphatic heterocycles. The van der Waals surface area contributed by atoms with Gasteiger partial charge in [0.05, 0.1) is 16.4 Å². The number of carbonyl (C=O) groups excluding carboxylic acids is 2. The fraction of sp³-hybridized carbons (Fsp3) is 0.267. The molecular formula is C15H16N2O4S2. The molecule has 1 aromatic carbocycles. The Morgan fingerprint density at radius 1 is 1.30 bits per heavy atom. The van der Waals surface area contributed by atoms with Crippen molar-refractivity contribution in [2.75, 3.05) is 5.32 Å². The maximum Gasteiger partial charge on any atom is 0.308 e. The number of esters is 1. The summed E-state index contributed by atoms with van der Waals surface area (Å²) < 4.78 is 17.0. The molecule has 0 fully saturated rings. The molecule has 0 spiro atoms. The van der Waals surface area contributed by atoms with Crippen molar-refractivity contribution in [2.24, 2.45) is 0 Å². The quantitative estimate of drug-likeness (QED) is 0.660. The topological polar surface area (TPSA) is 85.4 Å². The summed E-state index contributed by atoms with van der Waals surface area (Å²) >= 11 is 1.19. The first kappa shape index (κ1) is 17.3. The predicted octanol–water partition coefficient (Wildman–Crippen LogP) is 2.84. The molecule has 122 valence electrons. The van der Waals surface area contributed by atoms with E-state index in [4.69, 9.17) is 4.74 Å². The lowest BCUT2D eigenvalue weighted by Crippen LogP contribution is -2.15. The minimum absolute atomic E-state index is 0.0506. The van der Waals surface area contributed by atoms with Crippen LogP contribution >= 0.6 is 11.3 Å². The number of nitrogens with zero attached hydrogens (tertiary/aromatic N) is 1. The standard InChI is InChI=1S/C15H16N2O4S2/c1-9(2)23(20)13-8-22-15(16-13)17-14(19)11-6-4-5-7-12(11)21-10(3)18/h4-9H,1-3H3,(H,16,17,19). The Hall–Kier alpha value is -2.06. The van der Waals surface area contributed by atoms with Gasteiger partial charge in [-0.2, -0.15) is 0 Å². The number of nitrogens with one attached hydrogen (secondary N) is 1. The van der Waals surface area contributed by atoms with E-state index < -0.39 is 22.7 Å². The highest BCUT2D eigenvalue weighted by molar-refractivity contribution is 7.85. The minimum atomic E-state index is -1.21. The van der Waals surface area contributed by atoms with Gasteiger partial charge in [0.25, 0.3) is 5.91 Å². The van der Waals surface area contributed by atoms with Crippen LogP contribution in [0.15, 0.2) is 34.7 Å². The molecule has 1 N–H and O–H groups in total.